The van der Waals surface area contributed by atoms with Gasteiger partial charge in [-0.3, -0.25) is 4.79 Å². The number of benzene rings is 1. The lowest BCUT2D eigenvalue weighted by molar-refractivity contribution is 0.782. The van der Waals surface area contributed by atoms with Crippen molar-refractivity contribution < 1.29 is 0 Å². The fourth-order valence-electron chi connectivity index (χ4n) is 1.69. The van der Waals surface area contributed by atoms with E-state index in [2.05, 4.69) is 35.0 Å². The molecule has 0 amide bonds. The Kier molecular flexibility index (Phi) is 3.33. The summed E-state index contributed by atoms with van der Waals surface area (Å²) >= 11 is 3.22. The molecule has 2 rings (SSSR count). The van der Waals surface area contributed by atoms with Crippen LogP contribution in [0.3, 0.4) is 0 Å². The van der Waals surface area contributed by atoms with Gasteiger partial charge in [-0.2, -0.15) is 0 Å². The maximum Gasteiger partial charge on any atom is 0.218 e. The minimum absolute atomic E-state index is 0.161. The molecule has 88 valence electrons. The van der Waals surface area contributed by atoms with E-state index in [-0.39, 0.29) is 11.1 Å². The molecule has 0 fully saturated rings. The molecule has 0 unspecified atom stereocenters. The van der Waals surface area contributed by atoms with Crippen molar-refractivity contribution >= 4 is 21.6 Å². The minimum atomic E-state index is -0.161. The van der Waals surface area contributed by atoms with Gasteiger partial charge in [0.15, 0.2) is 0 Å². The number of anilines is 1. The lowest BCUT2D eigenvalue weighted by Crippen LogP contribution is -2.13. The van der Waals surface area contributed by atoms with E-state index in [4.69, 9.17) is 5.73 Å². The van der Waals surface area contributed by atoms with Crippen LogP contribution in [0.1, 0.15) is 11.1 Å². The molecule has 0 aliphatic carbocycles. The van der Waals surface area contributed by atoms with E-state index in [1.54, 1.807) is 12.4 Å². The number of halogens is 1. The fourth-order valence-corrected chi connectivity index (χ4v) is 2.18. The van der Waals surface area contributed by atoms with Gasteiger partial charge in [-0.25, -0.2) is 0 Å². The Morgan fingerprint density at radius 3 is 2.65 bits per heavy atom. The number of nitrogens with two attached hydrogens (primary N) is 1. The maximum atomic E-state index is 11.5. The van der Waals surface area contributed by atoms with Crippen LogP contribution in [-0.2, 0) is 6.54 Å². The number of aromatic nitrogens is 1. The molecule has 2 aromatic rings. The first kappa shape index (κ1) is 11.9. The lowest BCUT2D eigenvalue weighted by Gasteiger charge is -2.10. The summed E-state index contributed by atoms with van der Waals surface area (Å²) in [7, 11) is 0. The highest BCUT2D eigenvalue weighted by atomic mass is 79.9. The first-order valence-corrected chi connectivity index (χ1v) is 6.07. The van der Waals surface area contributed by atoms with Crippen molar-refractivity contribution in [3.8, 4) is 0 Å². The van der Waals surface area contributed by atoms with Crippen LogP contribution in [0.2, 0.25) is 0 Å². The molecule has 1 aromatic heterocycles. The quantitative estimate of drug-likeness (QED) is 0.925. The third-order valence-corrected chi connectivity index (χ3v) is 3.24. The highest BCUT2D eigenvalue weighted by Gasteiger charge is 2.03. The summed E-state index contributed by atoms with van der Waals surface area (Å²) in [6, 6.07) is 8.14. The van der Waals surface area contributed by atoms with Crippen molar-refractivity contribution in [2.45, 2.75) is 13.5 Å². The largest absolute Gasteiger partial charge is 0.394 e. The third-order valence-electron chi connectivity index (χ3n) is 2.68. The Morgan fingerprint density at radius 1 is 1.29 bits per heavy atom. The molecular formula is C13H13BrN2O. The van der Waals surface area contributed by atoms with Crippen molar-refractivity contribution in [1.29, 1.82) is 0 Å². The predicted octanol–water partition coefficient (Wildman–Crippen LogP) is 2.55. The molecule has 0 aliphatic heterocycles. The molecule has 0 aliphatic rings. The Balaban J connectivity index is 2.38. The van der Waals surface area contributed by atoms with Gasteiger partial charge in [-0.15, -0.1) is 0 Å². The second-order valence-electron chi connectivity index (χ2n) is 3.99. The van der Waals surface area contributed by atoms with Gasteiger partial charge < -0.3 is 10.3 Å². The Labute approximate surface area is 108 Å². The fraction of sp³-hybridized carbons (Fsp3) is 0.154. The third kappa shape index (κ3) is 2.58. The van der Waals surface area contributed by atoms with Crippen LogP contribution in [0.25, 0.3) is 0 Å². The monoisotopic (exact) mass is 292 g/mol. The summed E-state index contributed by atoms with van der Waals surface area (Å²) in [5.74, 6) is 0. The van der Waals surface area contributed by atoms with Crippen molar-refractivity contribution in [2.24, 2.45) is 0 Å². The zero-order chi connectivity index (χ0) is 12.4. The molecule has 0 radical (unpaired) electrons. The molecule has 4 heteroatoms. The van der Waals surface area contributed by atoms with Gasteiger partial charge in [0.1, 0.15) is 0 Å². The standard InChI is InChI=1S/C13H13BrN2O/c1-9-4-2-3-5-10(9)6-16-7-11(14)13(17)12(15)8-16/h2-5,7-8H,6,15H2,1H3. The highest BCUT2D eigenvalue weighted by Crippen LogP contribution is 2.12. The number of rotatable bonds is 2. The molecule has 17 heavy (non-hydrogen) atoms. The van der Waals surface area contributed by atoms with Gasteiger partial charge in [0.2, 0.25) is 5.43 Å². The maximum absolute atomic E-state index is 11.5. The van der Waals surface area contributed by atoms with Gasteiger partial charge in [-0.05, 0) is 34.0 Å². The molecule has 0 saturated heterocycles. The van der Waals surface area contributed by atoms with Crippen LogP contribution in [-0.4, -0.2) is 4.57 Å². The van der Waals surface area contributed by atoms with Crippen LogP contribution in [0, 0.1) is 6.92 Å². The number of aryl methyl sites for hydroxylation is 1. The van der Waals surface area contributed by atoms with Crippen molar-refractivity contribution in [1.82, 2.24) is 4.57 Å². The van der Waals surface area contributed by atoms with E-state index in [1.165, 1.54) is 11.1 Å². The van der Waals surface area contributed by atoms with Crippen LogP contribution < -0.4 is 11.2 Å². The molecule has 0 bridgehead atoms. The predicted molar refractivity (Wildman–Crippen MR) is 73.1 cm³/mol. The van der Waals surface area contributed by atoms with E-state index >= 15 is 0 Å². The molecule has 2 N–H and O–H groups in total. The summed E-state index contributed by atoms with van der Waals surface area (Å²) in [5, 5.41) is 0. The van der Waals surface area contributed by atoms with Gasteiger partial charge in [0.05, 0.1) is 10.2 Å². The highest BCUT2D eigenvalue weighted by molar-refractivity contribution is 9.10. The topological polar surface area (TPSA) is 48.0 Å². The molecule has 0 spiro atoms. The number of nitrogen functional groups attached to an aromatic ring is 1. The summed E-state index contributed by atoms with van der Waals surface area (Å²) in [5.41, 5.74) is 8.18. The Bertz CT molecular complexity index is 578. The van der Waals surface area contributed by atoms with E-state index in [0.29, 0.717) is 11.0 Å². The summed E-state index contributed by atoms with van der Waals surface area (Å²) < 4.78 is 2.40. The van der Waals surface area contributed by atoms with Gasteiger partial charge >= 0.3 is 0 Å². The molecule has 0 saturated carbocycles. The molecular weight excluding hydrogens is 280 g/mol. The van der Waals surface area contributed by atoms with E-state index in [1.807, 2.05) is 16.7 Å². The van der Waals surface area contributed by atoms with Gasteiger partial charge in [-0.1, -0.05) is 24.3 Å². The van der Waals surface area contributed by atoms with Crippen LogP contribution in [0.15, 0.2) is 45.9 Å². The second kappa shape index (κ2) is 4.75. The minimum Gasteiger partial charge on any atom is -0.394 e. The van der Waals surface area contributed by atoms with Crippen molar-refractivity contribution in [3.05, 3.63) is 62.5 Å². The summed E-state index contributed by atoms with van der Waals surface area (Å²) in [4.78, 5) is 11.5. The first-order valence-electron chi connectivity index (χ1n) is 5.27. The average molecular weight is 293 g/mol. The van der Waals surface area contributed by atoms with E-state index in [0.717, 1.165) is 0 Å². The number of hydrogen-bond donors (Lipinski definition) is 1. The number of nitrogens with zero attached hydrogens (tertiary/aromatic N) is 1. The summed E-state index contributed by atoms with van der Waals surface area (Å²) in [6.07, 6.45) is 3.42. The van der Waals surface area contributed by atoms with E-state index in [9.17, 15) is 4.79 Å². The van der Waals surface area contributed by atoms with Crippen LogP contribution in [0.5, 0.6) is 0 Å². The van der Waals surface area contributed by atoms with Crippen molar-refractivity contribution in [3.63, 3.8) is 0 Å². The molecule has 1 aromatic carbocycles. The van der Waals surface area contributed by atoms with Crippen molar-refractivity contribution in [2.75, 3.05) is 5.73 Å². The SMILES string of the molecule is Cc1ccccc1Cn1cc(N)c(=O)c(Br)c1. The van der Waals surface area contributed by atoms with Gasteiger partial charge in [0, 0.05) is 18.9 Å². The molecule has 0 atom stereocenters. The summed E-state index contributed by atoms with van der Waals surface area (Å²) in [6.45, 7) is 2.77. The Morgan fingerprint density at radius 2 is 2.00 bits per heavy atom. The zero-order valence-electron chi connectivity index (χ0n) is 9.48. The average Bonchev–Trinajstić information content (AvgIpc) is 2.29. The van der Waals surface area contributed by atoms with Crippen LogP contribution in [0.4, 0.5) is 5.69 Å². The zero-order valence-corrected chi connectivity index (χ0v) is 11.1. The number of pyridine rings is 1. The number of hydrogen-bond acceptors (Lipinski definition) is 2. The first-order chi connectivity index (χ1) is 8.08. The lowest BCUT2D eigenvalue weighted by atomic mass is 10.1. The smallest absolute Gasteiger partial charge is 0.218 e. The van der Waals surface area contributed by atoms with E-state index < -0.39 is 0 Å². The Hall–Kier alpha value is -1.55. The molecule has 3 nitrogen and oxygen atoms in total. The van der Waals surface area contributed by atoms with Crippen LogP contribution >= 0.6 is 15.9 Å². The van der Waals surface area contributed by atoms with Gasteiger partial charge in [0.25, 0.3) is 0 Å². The normalized spacial score (nSPS) is 10.5. The molecule has 1 heterocycles. The second-order valence-corrected chi connectivity index (χ2v) is 4.84.